The second-order valence-corrected chi connectivity index (χ2v) is 8.53. The molecule has 2 aliphatic heterocycles. The van der Waals surface area contributed by atoms with E-state index in [2.05, 4.69) is 4.98 Å². The quantitative estimate of drug-likeness (QED) is 0.781. The van der Waals surface area contributed by atoms with E-state index in [1.807, 2.05) is 17.0 Å². The Balaban J connectivity index is 0.000000345. The van der Waals surface area contributed by atoms with Gasteiger partial charge in [0.25, 0.3) is 0 Å². The van der Waals surface area contributed by atoms with Gasteiger partial charge in [0, 0.05) is 31.9 Å². The number of aromatic nitrogens is 1. The normalized spacial score (nSPS) is 22.6. The summed E-state index contributed by atoms with van der Waals surface area (Å²) in [5.41, 5.74) is 0.975. The third kappa shape index (κ3) is 4.98. The van der Waals surface area contributed by atoms with Crippen molar-refractivity contribution < 1.29 is 36.3 Å². The third-order valence-electron chi connectivity index (χ3n) is 4.60. The van der Waals surface area contributed by atoms with Crippen molar-refractivity contribution in [3.8, 4) is 0 Å². The minimum atomic E-state index is -5.08. The fourth-order valence-electron chi connectivity index (χ4n) is 3.30. The Morgan fingerprint density at radius 1 is 1.36 bits per heavy atom. The zero-order valence-electron chi connectivity index (χ0n) is 15.0. The molecule has 0 saturated carbocycles. The second kappa shape index (κ2) is 8.43. The Bertz CT molecular complexity index is 817. The first-order valence-electron chi connectivity index (χ1n) is 8.45. The van der Waals surface area contributed by atoms with Crippen LogP contribution in [-0.4, -0.2) is 70.1 Å². The van der Waals surface area contributed by atoms with E-state index in [1.54, 1.807) is 19.3 Å². The van der Waals surface area contributed by atoms with E-state index in [-0.39, 0.29) is 23.7 Å². The monoisotopic (exact) mass is 423 g/mol. The zero-order valence-corrected chi connectivity index (χ0v) is 15.8. The Morgan fingerprint density at radius 3 is 2.50 bits per heavy atom. The molecule has 12 heteroatoms. The van der Waals surface area contributed by atoms with E-state index in [9.17, 15) is 26.4 Å². The lowest BCUT2D eigenvalue weighted by Crippen LogP contribution is -2.40. The standard InChI is InChI=1S/C14H19N3O3S.C2HF3O2/c1-2-21(19,20)17-7-5-12-13(17)8-14(18)16(12)10-11-4-3-6-15-9-11;3-2(4,5)1(6)7/h3-4,6,9,12-13H,2,5,7-8,10H2,1H3;(H,6,7)/t12-,13+;/m1./s1. The van der Waals surface area contributed by atoms with Crippen LogP contribution >= 0.6 is 0 Å². The number of halogens is 3. The van der Waals surface area contributed by atoms with Gasteiger partial charge in [-0.25, -0.2) is 13.2 Å². The first kappa shape index (κ1) is 22.1. The van der Waals surface area contributed by atoms with Gasteiger partial charge in [-0.05, 0) is 25.0 Å². The summed E-state index contributed by atoms with van der Waals surface area (Å²) in [5, 5.41) is 7.12. The second-order valence-electron chi connectivity index (χ2n) is 6.32. The molecule has 2 saturated heterocycles. The number of carbonyl (C=O) groups excluding carboxylic acids is 1. The highest BCUT2D eigenvalue weighted by Gasteiger charge is 2.49. The van der Waals surface area contributed by atoms with Gasteiger partial charge in [0.1, 0.15) is 0 Å². The number of sulfonamides is 1. The number of pyridine rings is 1. The molecule has 1 aromatic rings. The van der Waals surface area contributed by atoms with Crippen molar-refractivity contribution in [3.63, 3.8) is 0 Å². The summed E-state index contributed by atoms with van der Waals surface area (Å²) in [5.74, 6) is -2.63. The summed E-state index contributed by atoms with van der Waals surface area (Å²) in [6, 6.07) is 3.58. The summed E-state index contributed by atoms with van der Waals surface area (Å²) in [6.07, 6.45) is -0.626. The third-order valence-corrected chi connectivity index (χ3v) is 6.50. The number of nitrogens with zero attached hydrogens (tertiary/aromatic N) is 3. The van der Waals surface area contributed by atoms with Crippen LogP contribution in [-0.2, 0) is 26.2 Å². The van der Waals surface area contributed by atoms with Gasteiger partial charge in [0.15, 0.2) is 0 Å². The molecular formula is C16H20F3N3O5S. The van der Waals surface area contributed by atoms with Gasteiger partial charge in [-0.15, -0.1) is 0 Å². The van der Waals surface area contributed by atoms with E-state index >= 15 is 0 Å². The number of rotatable bonds is 4. The molecule has 0 spiro atoms. The lowest BCUT2D eigenvalue weighted by Gasteiger charge is -2.25. The minimum absolute atomic E-state index is 0.000897. The van der Waals surface area contributed by atoms with Crippen molar-refractivity contribution >= 4 is 21.9 Å². The van der Waals surface area contributed by atoms with Crippen molar-refractivity contribution in [2.45, 2.75) is 44.6 Å². The van der Waals surface area contributed by atoms with Crippen LogP contribution < -0.4 is 0 Å². The van der Waals surface area contributed by atoms with Crippen LogP contribution in [0.1, 0.15) is 25.3 Å². The number of hydrogen-bond acceptors (Lipinski definition) is 5. The Morgan fingerprint density at radius 2 is 2.00 bits per heavy atom. The lowest BCUT2D eigenvalue weighted by molar-refractivity contribution is -0.192. The predicted octanol–water partition coefficient (Wildman–Crippen LogP) is 1.24. The minimum Gasteiger partial charge on any atom is -0.475 e. The first-order chi connectivity index (χ1) is 13.0. The van der Waals surface area contributed by atoms with Gasteiger partial charge in [0.2, 0.25) is 15.9 Å². The Hall–Kier alpha value is -2.21. The number of carboxylic acid groups (broad SMARTS) is 1. The molecule has 1 amide bonds. The molecule has 8 nitrogen and oxygen atoms in total. The number of alkyl halides is 3. The van der Waals surface area contributed by atoms with Crippen LogP contribution in [0.4, 0.5) is 13.2 Å². The fourth-order valence-corrected chi connectivity index (χ4v) is 4.64. The maximum absolute atomic E-state index is 12.2. The molecule has 0 radical (unpaired) electrons. The number of hydrogen-bond donors (Lipinski definition) is 1. The molecular weight excluding hydrogens is 403 g/mol. The SMILES string of the molecule is CCS(=O)(=O)N1CC[C@@H]2[C@@H]1CC(=O)N2Cc1cccnc1.O=C(O)C(F)(F)F. The molecule has 0 aliphatic carbocycles. The topological polar surface area (TPSA) is 108 Å². The van der Waals surface area contributed by atoms with E-state index < -0.39 is 22.2 Å². The van der Waals surface area contributed by atoms with Crippen molar-refractivity contribution in [1.29, 1.82) is 0 Å². The molecule has 0 unspecified atom stereocenters. The highest BCUT2D eigenvalue weighted by molar-refractivity contribution is 7.89. The van der Waals surface area contributed by atoms with Crippen molar-refractivity contribution in [2.75, 3.05) is 12.3 Å². The van der Waals surface area contributed by atoms with Gasteiger partial charge >= 0.3 is 12.1 Å². The summed E-state index contributed by atoms with van der Waals surface area (Å²) in [7, 11) is -3.23. The van der Waals surface area contributed by atoms with Crippen LogP contribution in [0, 0.1) is 0 Å². The average Bonchev–Trinajstić information content (AvgIpc) is 3.16. The number of carbonyl (C=O) groups is 2. The highest BCUT2D eigenvalue weighted by atomic mass is 32.2. The fraction of sp³-hybridized carbons (Fsp3) is 0.562. The lowest BCUT2D eigenvalue weighted by atomic mass is 10.1. The summed E-state index contributed by atoms with van der Waals surface area (Å²) >= 11 is 0. The molecule has 2 atom stereocenters. The maximum Gasteiger partial charge on any atom is 0.490 e. The van der Waals surface area contributed by atoms with Crippen molar-refractivity contribution in [3.05, 3.63) is 30.1 Å². The van der Waals surface area contributed by atoms with Crippen LogP contribution in [0.15, 0.2) is 24.5 Å². The number of aliphatic carboxylic acids is 1. The van der Waals surface area contributed by atoms with Gasteiger partial charge < -0.3 is 10.0 Å². The van der Waals surface area contributed by atoms with Crippen LogP contribution in [0.25, 0.3) is 0 Å². The Kier molecular flexibility index (Phi) is 6.65. The smallest absolute Gasteiger partial charge is 0.475 e. The van der Waals surface area contributed by atoms with Crippen molar-refractivity contribution in [1.82, 2.24) is 14.2 Å². The van der Waals surface area contributed by atoms with Crippen LogP contribution in [0.2, 0.25) is 0 Å². The molecule has 3 heterocycles. The molecule has 2 aliphatic rings. The number of amides is 1. The van der Waals surface area contributed by atoms with E-state index in [4.69, 9.17) is 9.90 Å². The average molecular weight is 423 g/mol. The summed E-state index contributed by atoms with van der Waals surface area (Å²) in [4.78, 5) is 27.0. The molecule has 156 valence electrons. The molecule has 0 bridgehead atoms. The van der Waals surface area contributed by atoms with Gasteiger partial charge in [-0.3, -0.25) is 9.78 Å². The van der Waals surface area contributed by atoms with Gasteiger partial charge in [-0.2, -0.15) is 17.5 Å². The van der Waals surface area contributed by atoms with Crippen LogP contribution in [0.3, 0.4) is 0 Å². The molecule has 0 aromatic carbocycles. The molecule has 28 heavy (non-hydrogen) atoms. The number of fused-ring (bicyclic) bond motifs is 1. The number of carboxylic acids is 1. The van der Waals surface area contributed by atoms with Crippen molar-refractivity contribution in [2.24, 2.45) is 0 Å². The predicted molar refractivity (Wildman–Crippen MR) is 91.5 cm³/mol. The van der Waals surface area contributed by atoms with Crippen LogP contribution in [0.5, 0.6) is 0 Å². The summed E-state index contributed by atoms with van der Waals surface area (Å²) in [6.45, 7) is 2.67. The number of likely N-dealkylation sites (tertiary alicyclic amines) is 1. The van der Waals surface area contributed by atoms with E-state index in [0.717, 1.165) is 12.0 Å². The first-order valence-corrected chi connectivity index (χ1v) is 10.1. The molecule has 1 N–H and O–H groups in total. The molecule has 1 aromatic heterocycles. The van der Waals surface area contributed by atoms with E-state index in [1.165, 1.54) is 4.31 Å². The molecule has 3 rings (SSSR count). The maximum atomic E-state index is 12.2. The zero-order chi connectivity index (χ0) is 21.1. The summed E-state index contributed by atoms with van der Waals surface area (Å²) < 4.78 is 57.5. The Labute approximate surface area is 160 Å². The molecule has 2 fully saturated rings. The van der Waals surface area contributed by atoms with E-state index in [0.29, 0.717) is 19.5 Å². The largest absolute Gasteiger partial charge is 0.490 e. The highest BCUT2D eigenvalue weighted by Crippen LogP contribution is 2.35. The van der Waals surface area contributed by atoms with Gasteiger partial charge in [0.05, 0.1) is 17.8 Å². The van der Waals surface area contributed by atoms with Gasteiger partial charge in [-0.1, -0.05) is 6.07 Å².